The molecule has 0 amide bonds. The predicted molar refractivity (Wildman–Crippen MR) is 77.2 cm³/mol. The topological polar surface area (TPSA) is 50.7 Å². The third-order valence-corrected chi connectivity index (χ3v) is 2.90. The van der Waals surface area contributed by atoms with Gasteiger partial charge in [-0.05, 0) is 30.5 Å². The van der Waals surface area contributed by atoms with Gasteiger partial charge in [0.2, 0.25) is 5.95 Å². The standard InChI is InChI=1S/C15H20N4/c1-3-8-16-15-17-9-7-14(19-15)10-13-6-5-12(4-2)11-18-13/h5-7,9,11H,3-4,8,10H2,1-2H3,(H,16,17,19). The number of hydrogen-bond acceptors (Lipinski definition) is 4. The molecule has 19 heavy (non-hydrogen) atoms. The molecule has 0 radical (unpaired) electrons. The highest BCUT2D eigenvalue weighted by atomic mass is 15.1. The molecule has 0 bridgehead atoms. The molecule has 0 atom stereocenters. The maximum absolute atomic E-state index is 4.49. The number of nitrogens with one attached hydrogen (secondary N) is 1. The van der Waals surface area contributed by atoms with Gasteiger partial charge in [-0.1, -0.05) is 19.9 Å². The predicted octanol–water partition coefficient (Wildman–Crippen LogP) is 2.85. The number of anilines is 1. The van der Waals surface area contributed by atoms with Crippen molar-refractivity contribution in [2.45, 2.75) is 33.1 Å². The van der Waals surface area contributed by atoms with E-state index >= 15 is 0 Å². The van der Waals surface area contributed by atoms with Gasteiger partial charge in [-0.2, -0.15) is 0 Å². The van der Waals surface area contributed by atoms with Crippen LogP contribution in [0.4, 0.5) is 5.95 Å². The van der Waals surface area contributed by atoms with Gasteiger partial charge in [-0.3, -0.25) is 4.98 Å². The normalized spacial score (nSPS) is 10.4. The van der Waals surface area contributed by atoms with Crippen LogP contribution in [0.15, 0.2) is 30.6 Å². The summed E-state index contributed by atoms with van der Waals surface area (Å²) in [4.78, 5) is 13.1. The van der Waals surface area contributed by atoms with Crippen LogP contribution in [0.3, 0.4) is 0 Å². The number of pyridine rings is 1. The van der Waals surface area contributed by atoms with E-state index in [4.69, 9.17) is 0 Å². The van der Waals surface area contributed by atoms with Crippen LogP contribution in [0.5, 0.6) is 0 Å². The van der Waals surface area contributed by atoms with Gasteiger partial charge in [0.05, 0.1) is 5.69 Å². The molecular weight excluding hydrogens is 236 g/mol. The SMILES string of the molecule is CCCNc1nccc(Cc2ccc(CC)cn2)n1. The van der Waals surface area contributed by atoms with Crippen LogP contribution >= 0.6 is 0 Å². The fourth-order valence-corrected chi connectivity index (χ4v) is 1.77. The molecule has 2 rings (SSSR count). The van der Waals surface area contributed by atoms with Crippen molar-refractivity contribution < 1.29 is 0 Å². The summed E-state index contributed by atoms with van der Waals surface area (Å²) >= 11 is 0. The maximum atomic E-state index is 4.49. The Hall–Kier alpha value is -1.97. The molecule has 4 nitrogen and oxygen atoms in total. The van der Waals surface area contributed by atoms with Crippen LogP contribution in [-0.2, 0) is 12.8 Å². The monoisotopic (exact) mass is 256 g/mol. The molecular formula is C15H20N4. The summed E-state index contributed by atoms with van der Waals surface area (Å²) in [5, 5.41) is 3.20. The van der Waals surface area contributed by atoms with E-state index in [0.717, 1.165) is 37.2 Å². The Kier molecular flexibility index (Phi) is 4.84. The Morgan fingerprint density at radius 3 is 2.63 bits per heavy atom. The summed E-state index contributed by atoms with van der Waals surface area (Å²) in [6.45, 7) is 5.15. The molecule has 0 aliphatic rings. The van der Waals surface area contributed by atoms with Gasteiger partial charge >= 0.3 is 0 Å². The minimum absolute atomic E-state index is 0.699. The smallest absolute Gasteiger partial charge is 0.222 e. The lowest BCUT2D eigenvalue weighted by Gasteiger charge is -2.05. The van der Waals surface area contributed by atoms with Crippen LogP contribution in [0.1, 0.15) is 37.2 Å². The van der Waals surface area contributed by atoms with Crippen molar-refractivity contribution in [2.75, 3.05) is 11.9 Å². The Labute approximate surface area is 114 Å². The van der Waals surface area contributed by atoms with Crippen LogP contribution in [-0.4, -0.2) is 21.5 Å². The minimum Gasteiger partial charge on any atom is -0.354 e. The number of hydrogen-bond donors (Lipinski definition) is 1. The molecule has 100 valence electrons. The van der Waals surface area contributed by atoms with Crippen LogP contribution in [0.2, 0.25) is 0 Å². The second-order valence-corrected chi connectivity index (χ2v) is 4.49. The molecule has 0 aliphatic carbocycles. The van der Waals surface area contributed by atoms with E-state index in [0.29, 0.717) is 5.95 Å². The van der Waals surface area contributed by atoms with E-state index in [2.05, 4.69) is 46.2 Å². The first-order valence-electron chi connectivity index (χ1n) is 6.81. The van der Waals surface area contributed by atoms with Gasteiger partial charge in [-0.25, -0.2) is 9.97 Å². The molecule has 0 aromatic carbocycles. The van der Waals surface area contributed by atoms with E-state index in [1.54, 1.807) is 6.20 Å². The van der Waals surface area contributed by atoms with Crippen molar-refractivity contribution in [1.82, 2.24) is 15.0 Å². The Morgan fingerprint density at radius 2 is 1.95 bits per heavy atom. The van der Waals surface area contributed by atoms with Gasteiger partial charge in [0, 0.05) is 31.1 Å². The summed E-state index contributed by atoms with van der Waals surface area (Å²) in [7, 11) is 0. The summed E-state index contributed by atoms with van der Waals surface area (Å²) in [6.07, 6.45) is 6.56. The van der Waals surface area contributed by atoms with Crippen LogP contribution in [0, 0.1) is 0 Å². The summed E-state index contributed by atoms with van der Waals surface area (Å²) in [6, 6.07) is 6.13. The van der Waals surface area contributed by atoms with E-state index in [1.165, 1.54) is 5.56 Å². The van der Waals surface area contributed by atoms with Gasteiger partial charge in [0.15, 0.2) is 0 Å². The first-order valence-corrected chi connectivity index (χ1v) is 6.81. The minimum atomic E-state index is 0.699. The maximum Gasteiger partial charge on any atom is 0.222 e. The van der Waals surface area contributed by atoms with Gasteiger partial charge in [0.1, 0.15) is 0 Å². The average Bonchev–Trinajstić information content (AvgIpc) is 2.46. The lowest BCUT2D eigenvalue weighted by atomic mass is 10.1. The summed E-state index contributed by atoms with van der Waals surface area (Å²) in [5.41, 5.74) is 3.29. The number of aromatic nitrogens is 3. The van der Waals surface area contributed by atoms with Crippen LogP contribution in [0.25, 0.3) is 0 Å². The Morgan fingerprint density at radius 1 is 1.05 bits per heavy atom. The number of nitrogens with zero attached hydrogens (tertiary/aromatic N) is 3. The first kappa shape index (κ1) is 13.5. The molecule has 2 aromatic heterocycles. The number of rotatable bonds is 6. The lowest BCUT2D eigenvalue weighted by molar-refractivity contribution is 0.928. The van der Waals surface area contributed by atoms with Crippen molar-refractivity contribution in [2.24, 2.45) is 0 Å². The highest BCUT2D eigenvalue weighted by Crippen LogP contribution is 2.08. The molecule has 0 aliphatic heterocycles. The third-order valence-electron chi connectivity index (χ3n) is 2.90. The third kappa shape index (κ3) is 4.02. The summed E-state index contributed by atoms with van der Waals surface area (Å²) < 4.78 is 0. The van der Waals surface area contributed by atoms with Gasteiger partial charge in [0.25, 0.3) is 0 Å². The first-order chi connectivity index (χ1) is 9.31. The Bertz CT molecular complexity index is 508. The van der Waals surface area contributed by atoms with E-state index in [1.807, 2.05) is 12.3 Å². The number of aryl methyl sites for hydroxylation is 1. The van der Waals surface area contributed by atoms with Crippen molar-refractivity contribution in [3.8, 4) is 0 Å². The van der Waals surface area contributed by atoms with E-state index < -0.39 is 0 Å². The molecule has 0 spiro atoms. The fourth-order valence-electron chi connectivity index (χ4n) is 1.77. The average molecular weight is 256 g/mol. The van der Waals surface area contributed by atoms with Crippen molar-refractivity contribution >= 4 is 5.95 Å². The zero-order chi connectivity index (χ0) is 13.5. The van der Waals surface area contributed by atoms with Crippen molar-refractivity contribution in [3.05, 3.63) is 47.5 Å². The molecule has 0 saturated heterocycles. The molecule has 0 fully saturated rings. The molecule has 2 heterocycles. The zero-order valence-electron chi connectivity index (χ0n) is 11.6. The van der Waals surface area contributed by atoms with E-state index in [-0.39, 0.29) is 0 Å². The molecule has 0 unspecified atom stereocenters. The molecule has 1 N–H and O–H groups in total. The molecule has 4 heteroatoms. The lowest BCUT2D eigenvalue weighted by Crippen LogP contribution is -2.06. The van der Waals surface area contributed by atoms with Crippen molar-refractivity contribution in [3.63, 3.8) is 0 Å². The van der Waals surface area contributed by atoms with Gasteiger partial charge < -0.3 is 5.32 Å². The highest BCUT2D eigenvalue weighted by Gasteiger charge is 2.02. The van der Waals surface area contributed by atoms with E-state index in [9.17, 15) is 0 Å². The Balaban J connectivity index is 2.05. The summed E-state index contributed by atoms with van der Waals surface area (Å²) in [5.74, 6) is 0.699. The largest absolute Gasteiger partial charge is 0.354 e. The second-order valence-electron chi connectivity index (χ2n) is 4.49. The van der Waals surface area contributed by atoms with Crippen LogP contribution < -0.4 is 5.32 Å². The highest BCUT2D eigenvalue weighted by molar-refractivity contribution is 5.27. The zero-order valence-corrected chi connectivity index (χ0v) is 11.6. The van der Waals surface area contributed by atoms with Crippen molar-refractivity contribution in [1.29, 1.82) is 0 Å². The second kappa shape index (κ2) is 6.83. The molecule has 2 aromatic rings. The quantitative estimate of drug-likeness (QED) is 0.863. The fraction of sp³-hybridized carbons (Fsp3) is 0.400. The molecule has 0 saturated carbocycles. The van der Waals surface area contributed by atoms with Gasteiger partial charge in [-0.15, -0.1) is 0 Å².